The fraction of sp³-hybridized carbons (Fsp3) is 0.625. The van der Waals surface area contributed by atoms with E-state index in [9.17, 15) is 8.42 Å². The van der Waals surface area contributed by atoms with Gasteiger partial charge in [-0.05, 0) is 46.1 Å². The maximum Gasteiger partial charge on any atom is 0.153 e. The second-order valence-corrected chi connectivity index (χ2v) is 8.89. The van der Waals surface area contributed by atoms with Crippen LogP contribution in [0.4, 0.5) is 0 Å². The lowest BCUT2D eigenvalue weighted by atomic mass is 9.95. The zero-order valence-electron chi connectivity index (χ0n) is 13.0. The first-order valence-corrected chi connectivity index (χ1v) is 8.95. The summed E-state index contributed by atoms with van der Waals surface area (Å²) in [6.07, 6.45) is 1.98. The Morgan fingerprint density at radius 3 is 2.30 bits per heavy atom. The lowest BCUT2D eigenvalue weighted by molar-refractivity contribution is 0.372. The molecule has 0 aliphatic heterocycles. The molecule has 0 saturated carbocycles. The van der Waals surface area contributed by atoms with Crippen LogP contribution in [-0.2, 0) is 16.3 Å². The van der Waals surface area contributed by atoms with Crippen LogP contribution in [0.25, 0.3) is 0 Å². The Balaban J connectivity index is 2.38. The molecule has 0 aliphatic carbocycles. The average molecular weight is 297 g/mol. The highest BCUT2D eigenvalue weighted by atomic mass is 32.2. The Morgan fingerprint density at radius 1 is 1.15 bits per heavy atom. The lowest BCUT2D eigenvalue weighted by Gasteiger charge is -2.26. The van der Waals surface area contributed by atoms with Gasteiger partial charge in [0.05, 0.1) is 11.0 Å². The Hall–Kier alpha value is -0.870. The van der Waals surface area contributed by atoms with Gasteiger partial charge in [-0.1, -0.05) is 30.3 Å². The van der Waals surface area contributed by atoms with Gasteiger partial charge in [-0.2, -0.15) is 0 Å². The monoisotopic (exact) mass is 297 g/mol. The van der Waals surface area contributed by atoms with E-state index in [4.69, 9.17) is 0 Å². The molecule has 0 heterocycles. The van der Waals surface area contributed by atoms with Gasteiger partial charge < -0.3 is 5.32 Å². The molecule has 0 aromatic heterocycles. The smallest absolute Gasteiger partial charge is 0.153 e. The Morgan fingerprint density at radius 2 is 1.75 bits per heavy atom. The molecule has 0 amide bonds. The van der Waals surface area contributed by atoms with Gasteiger partial charge in [0.25, 0.3) is 0 Å². The summed E-state index contributed by atoms with van der Waals surface area (Å²) in [6, 6.07) is 10.4. The summed E-state index contributed by atoms with van der Waals surface area (Å²) in [7, 11) is -2.95. The van der Waals surface area contributed by atoms with Gasteiger partial charge >= 0.3 is 0 Å². The van der Waals surface area contributed by atoms with E-state index < -0.39 is 9.84 Å². The van der Waals surface area contributed by atoms with Crippen molar-refractivity contribution in [2.24, 2.45) is 0 Å². The van der Waals surface area contributed by atoms with E-state index in [0.717, 1.165) is 12.8 Å². The summed E-state index contributed by atoms with van der Waals surface area (Å²) >= 11 is 0. The number of hydrogen-bond donors (Lipinski definition) is 1. The highest BCUT2D eigenvalue weighted by molar-refractivity contribution is 7.92. The van der Waals surface area contributed by atoms with Crippen molar-refractivity contribution in [3.8, 4) is 0 Å². The third kappa shape index (κ3) is 6.06. The van der Waals surface area contributed by atoms with Crippen LogP contribution in [-0.4, -0.2) is 31.5 Å². The number of benzene rings is 1. The molecule has 0 saturated heterocycles. The molecule has 4 heteroatoms. The van der Waals surface area contributed by atoms with Crippen LogP contribution in [0.1, 0.15) is 39.7 Å². The molecule has 0 aliphatic rings. The van der Waals surface area contributed by atoms with Gasteiger partial charge in [0, 0.05) is 12.1 Å². The van der Waals surface area contributed by atoms with Crippen molar-refractivity contribution in [1.29, 1.82) is 0 Å². The Labute approximate surface area is 123 Å². The van der Waals surface area contributed by atoms with Gasteiger partial charge in [-0.25, -0.2) is 8.42 Å². The molecule has 1 N–H and O–H groups in total. The zero-order valence-corrected chi connectivity index (χ0v) is 13.8. The number of sulfone groups is 1. The number of aryl methyl sites for hydroxylation is 1. The highest BCUT2D eigenvalue weighted by Gasteiger charge is 2.20. The summed E-state index contributed by atoms with van der Waals surface area (Å²) in [5.74, 6) is 0.208. The zero-order chi connectivity index (χ0) is 15.2. The summed E-state index contributed by atoms with van der Waals surface area (Å²) in [4.78, 5) is 0. The normalized spacial score (nSPS) is 12.8. The van der Waals surface area contributed by atoms with Crippen molar-refractivity contribution in [2.75, 3.05) is 12.3 Å². The molecule has 0 unspecified atom stereocenters. The predicted molar refractivity (Wildman–Crippen MR) is 85.8 cm³/mol. The first kappa shape index (κ1) is 17.2. The van der Waals surface area contributed by atoms with Crippen molar-refractivity contribution in [2.45, 2.75) is 51.3 Å². The predicted octanol–water partition coefficient (Wildman–Crippen LogP) is 2.81. The van der Waals surface area contributed by atoms with Crippen molar-refractivity contribution in [3.05, 3.63) is 35.9 Å². The van der Waals surface area contributed by atoms with Gasteiger partial charge in [0.1, 0.15) is 0 Å². The standard InChI is InChI=1S/C16H27NO2S/c1-14(2)20(18,19)13-12-17-16(3,4)11-10-15-8-6-5-7-9-15/h5-9,14,17H,10-13H2,1-4H3. The van der Waals surface area contributed by atoms with Crippen LogP contribution in [0.2, 0.25) is 0 Å². The third-order valence-corrected chi connectivity index (χ3v) is 5.80. The molecular formula is C16H27NO2S. The minimum absolute atomic E-state index is 0.0532. The van der Waals surface area contributed by atoms with E-state index in [1.165, 1.54) is 5.56 Å². The molecule has 114 valence electrons. The summed E-state index contributed by atoms with van der Waals surface area (Å²) in [5, 5.41) is 3.07. The average Bonchev–Trinajstić information content (AvgIpc) is 2.37. The van der Waals surface area contributed by atoms with Gasteiger partial charge in [-0.3, -0.25) is 0 Å². The summed E-state index contributed by atoms with van der Waals surface area (Å²) < 4.78 is 23.5. The van der Waals surface area contributed by atoms with Crippen molar-refractivity contribution >= 4 is 9.84 Å². The molecule has 1 aromatic rings. The van der Waals surface area contributed by atoms with Gasteiger partial charge in [0.15, 0.2) is 9.84 Å². The van der Waals surface area contributed by atoms with Crippen molar-refractivity contribution in [1.82, 2.24) is 5.32 Å². The van der Waals surface area contributed by atoms with Crippen LogP contribution >= 0.6 is 0 Å². The molecule has 0 spiro atoms. The highest BCUT2D eigenvalue weighted by Crippen LogP contribution is 2.13. The third-order valence-electron chi connectivity index (χ3n) is 3.59. The largest absolute Gasteiger partial charge is 0.311 e. The van der Waals surface area contributed by atoms with E-state index in [-0.39, 0.29) is 16.5 Å². The maximum absolute atomic E-state index is 11.8. The molecule has 0 radical (unpaired) electrons. The SMILES string of the molecule is CC(C)S(=O)(=O)CCNC(C)(C)CCc1ccccc1. The number of rotatable bonds is 8. The van der Waals surface area contributed by atoms with Crippen LogP contribution in [0.15, 0.2) is 30.3 Å². The Kier molecular flexibility index (Phi) is 6.21. The molecule has 1 aromatic carbocycles. The Bertz CT molecular complexity index is 492. The quantitative estimate of drug-likeness (QED) is 0.802. The second-order valence-electron chi connectivity index (χ2n) is 6.21. The van der Waals surface area contributed by atoms with Crippen molar-refractivity contribution in [3.63, 3.8) is 0 Å². The van der Waals surface area contributed by atoms with Crippen LogP contribution in [0, 0.1) is 0 Å². The van der Waals surface area contributed by atoms with E-state index >= 15 is 0 Å². The first-order valence-electron chi connectivity index (χ1n) is 7.23. The van der Waals surface area contributed by atoms with E-state index in [0.29, 0.717) is 6.54 Å². The summed E-state index contributed by atoms with van der Waals surface area (Å²) in [6.45, 7) is 8.23. The van der Waals surface area contributed by atoms with Crippen LogP contribution in [0.5, 0.6) is 0 Å². The molecular weight excluding hydrogens is 270 g/mol. The van der Waals surface area contributed by atoms with Gasteiger partial charge in [0.2, 0.25) is 0 Å². The number of nitrogens with one attached hydrogen (secondary N) is 1. The minimum Gasteiger partial charge on any atom is -0.311 e. The molecule has 20 heavy (non-hydrogen) atoms. The van der Waals surface area contributed by atoms with Crippen LogP contribution in [0.3, 0.4) is 0 Å². The topological polar surface area (TPSA) is 46.2 Å². The molecule has 0 fully saturated rings. The van der Waals surface area contributed by atoms with E-state index in [1.807, 2.05) is 18.2 Å². The number of hydrogen-bond acceptors (Lipinski definition) is 3. The second kappa shape index (κ2) is 7.23. The molecule has 1 rings (SSSR count). The van der Waals surface area contributed by atoms with Crippen LogP contribution < -0.4 is 5.32 Å². The van der Waals surface area contributed by atoms with Gasteiger partial charge in [-0.15, -0.1) is 0 Å². The van der Waals surface area contributed by atoms with Crippen molar-refractivity contribution < 1.29 is 8.42 Å². The maximum atomic E-state index is 11.8. The van der Waals surface area contributed by atoms with E-state index in [2.05, 4.69) is 31.3 Å². The van der Waals surface area contributed by atoms with E-state index in [1.54, 1.807) is 13.8 Å². The fourth-order valence-electron chi connectivity index (χ4n) is 1.96. The minimum atomic E-state index is -2.95. The molecule has 3 nitrogen and oxygen atoms in total. The first-order chi connectivity index (χ1) is 9.23. The molecule has 0 atom stereocenters. The molecule has 0 bridgehead atoms. The lowest BCUT2D eigenvalue weighted by Crippen LogP contribution is -2.42. The fourth-order valence-corrected chi connectivity index (χ4v) is 2.82. The summed E-state index contributed by atoms with van der Waals surface area (Å²) in [5.41, 5.74) is 1.26.